The third-order valence-electron chi connectivity index (χ3n) is 14.5. The third-order valence-corrected chi connectivity index (χ3v) is 14.5. The highest BCUT2D eigenvalue weighted by Gasteiger charge is 2.80. The van der Waals surface area contributed by atoms with Gasteiger partial charge in [-0.3, -0.25) is 19.4 Å². The summed E-state index contributed by atoms with van der Waals surface area (Å²) in [5, 5.41) is 18.7. The van der Waals surface area contributed by atoms with Gasteiger partial charge in [-0.15, -0.1) is 13.2 Å². The van der Waals surface area contributed by atoms with Crippen molar-refractivity contribution in [3.8, 4) is 5.75 Å². The van der Waals surface area contributed by atoms with Crippen LogP contribution in [0.15, 0.2) is 97.3 Å². The summed E-state index contributed by atoms with van der Waals surface area (Å²) in [6, 6.07) is 11.1. The van der Waals surface area contributed by atoms with Gasteiger partial charge in [-0.1, -0.05) is 54.7 Å². The van der Waals surface area contributed by atoms with Gasteiger partial charge in [0.2, 0.25) is 5.91 Å². The van der Waals surface area contributed by atoms with Crippen LogP contribution in [0.4, 0.5) is 11.4 Å². The number of nitrogens with one attached hydrogen (secondary N) is 2. The van der Waals surface area contributed by atoms with Gasteiger partial charge in [-0.2, -0.15) is 0 Å². The number of carbonyl (C=O) groups is 3. The number of anilines is 2. The number of ether oxygens (including phenoxy) is 2. The van der Waals surface area contributed by atoms with Gasteiger partial charge >= 0.3 is 11.9 Å². The number of phenols is 1. The maximum absolute atomic E-state index is 14.4. The first-order chi connectivity index (χ1) is 25.1. The van der Waals surface area contributed by atoms with Crippen LogP contribution in [-0.4, -0.2) is 78.7 Å². The Labute approximate surface area is 302 Å². The molecule has 10 rings (SSSR count). The van der Waals surface area contributed by atoms with E-state index in [1.807, 2.05) is 42.5 Å². The van der Waals surface area contributed by atoms with E-state index in [9.17, 15) is 19.5 Å². The lowest BCUT2D eigenvalue weighted by Crippen LogP contribution is -2.61. The second kappa shape index (κ2) is 10.1. The highest BCUT2D eigenvalue weighted by Crippen LogP contribution is 2.73. The Morgan fingerprint density at radius 2 is 1.77 bits per heavy atom. The number of para-hydroxylation sites is 1. The zero-order valence-electron chi connectivity index (χ0n) is 29.4. The van der Waals surface area contributed by atoms with Crippen molar-refractivity contribution in [2.24, 2.45) is 16.2 Å². The van der Waals surface area contributed by atoms with Gasteiger partial charge in [-0.25, -0.2) is 4.79 Å². The van der Waals surface area contributed by atoms with Gasteiger partial charge in [0, 0.05) is 76.7 Å². The van der Waals surface area contributed by atoms with Gasteiger partial charge in [0.05, 0.1) is 31.2 Å². The van der Waals surface area contributed by atoms with Crippen molar-refractivity contribution in [2.75, 3.05) is 44.5 Å². The number of rotatable bonds is 5. The summed E-state index contributed by atoms with van der Waals surface area (Å²) in [4.78, 5) is 46.8. The first kappa shape index (κ1) is 31.8. The van der Waals surface area contributed by atoms with Crippen LogP contribution in [-0.2, 0) is 34.7 Å². The van der Waals surface area contributed by atoms with Crippen LogP contribution < -0.4 is 10.6 Å². The molecule has 52 heavy (non-hydrogen) atoms. The van der Waals surface area contributed by atoms with E-state index in [1.54, 1.807) is 0 Å². The minimum Gasteiger partial charge on any atom is -0.508 e. The number of benzene rings is 2. The average molecular weight is 699 g/mol. The molecular formula is C42H42N4O6. The minimum absolute atomic E-state index is 0.0233. The smallest absolute Gasteiger partial charge is 0.335 e. The fourth-order valence-electron chi connectivity index (χ4n) is 12.7. The quantitative estimate of drug-likeness (QED) is 0.225. The molecule has 6 heterocycles. The highest BCUT2D eigenvalue weighted by atomic mass is 16.5. The number of amides is 1. The molecule has 2 spiro atoms. The van der Waals surface area contributed by atoms with E-state index in [-0.39, 0.29) is 42.2 Å². The fraction of sp³-hybridized carbons (Fsp3) is 0.405. The summed E-state index contributed by atoms with van der Waals surface area (Å²) in [5.41, 5.74) is 1.55. The van der Waals surface area contributed by atoms with Crippen LogP contribution in [0.25, 0.3) is 0 Å². The molecule has 8 aliphatic rings. The zero-order valence-corrected chi connectivity index (χ0v) is 29.4. The molecule has 10 nitrogen and oxygen atoms in total. The van der Waals surface area contributed by atoms with Crippen molar-refractivity contribution < 1.29 is 29.0 Å². The maximum atomic E-state index is 14.4. The molecule has 266 valence electrons. The number of phenolic OH excluding ortho intramolecular Hbond substituents is 1. The Morgan fingerprint density at radius 3 is 2.54 bits per heavy atom. The Hall–Kier alpha value is -4.93. The Bertz CT molecular complexity index is 2160. The van der Waals surface area contributed by atoms with E-state index in [0.29, 0.717) is 30.6 Å². The van der Waals surface area contributed by atoms with Crippen molar-refractivity contribution in [1.29, 1.82) is 0 Å². The summed E-state index contributed by atoms with van der Waals surface area (Å²) in [5.74, 6) is -1.11. The van der Waals surface area contributed by atoms with Gasteiger partial charge in [0.15, 0.2) is 5.41 Å². The van der Waals surface area contributed by atoms with Crippen molar-refractivity contribution in [3.05, 3.63) is 114 Å². The second-order valence-corrected chi connectivity index (χ2v) is 16.0. The van der Waals surface area contributed by atoms with E-state index < -0.39 is 33.0 Å². The summed E-state index contributed by atoms with van der Waals surface area (Å²) < 4.78 is 10.9. The number of hydrogen-bond acceptors (Lipinski definition) is 9. The zero-order chi connectivity index (χ0) is 36.0. The molecule has 0 bridgehead atoms. The van der Waals surface area contributed by atoms with Crippen molar-refractivity contribution >= 4 is 29.2 Å². The molecule has 2 aliphatic carbocycles. The van der Waals surface area contributed by atoms with Crippen molar-refractivity contribution in [2.45, 2.75) is 54.6 Å². The highest BCUT2D eigenvalue weighted by molar-refractivity contribution is 6.14. The molecule has 3 fully saturated rings. The summed E-state index contributed by atoms with van der Waals surface area (Å²) in [7, 11) is 2.78. The first-order valence-electron chi connectivity index (χ1n) is 18.2. The number of hydrogen-bond donors (Lipinski definition) is 3. The van der Waals surface area contributed by atoms with Gasteiger partial charge in [-0.05, 0) is 48.9 Å². The van der Waals surface area contributed by atoms with E-state index >= 15 is 0 Å². The summed E-state index contributed by atoms with van der Waals surface area (Å²) in [6.07, 6.45) is 14.6. The lowest BCUT2D eigenvalue weighted by atomic mass is 9.56. The predicted molar refractivity (Wildman–Crippen MR) is 194 cm³/mol. The second-order valence-electron chi connectivity index (χ2n) is 16.0. The first-order valence-corrected chi connectivity index (χ1v) is 18.2. The Kier molecular flexibility index (Phi) is 6.20. The normalized spacial score (nSPS) is 38.6. The van der Waals surface area contributed by atoms with Crippen LogP contribution in [0.2, 0.25) is 0 Å². The van der Waals surface area contributed by atoms with E-state index in [1.165, 1.54) is 14.2 Å². The molecule has 6 aliphatic heterocycles. The predicted octanol–water partition coefficient (Wildman–Crippen LogP) is 5.01. The molecule has 2 aromatic carbocycles. The van der Waals surface area contributed by atoms with Crippen LogP contribution in [0, 0.1) is 16.2 Å². The minimum atomic E-state index is -1.48. The number of fused-ring (bicyclic) bond motifs is 2. The number of esters is 2. The van der Waals surface area contributed by atoms with E-state index in [4.69, 9.17) is 9.47 Å². The monoisotopic (exact) mass is 698 g/mol. The molecule has 0 aromatic heterocycles. The van der Waals surface area contributed by atoms with Crippen LogP contribution in [0.5, 0.6) is 5.75 Å². The summed E-state index contributed by atoms with van der Waals surface area (Å²) >= 11 is 0. The SMILES string of the molecule is C=C[C@]12C=CCN3CC[C@]4(C(=C(C(=O)OC)C1)Nc1cc(O)c([C@H]5C=C[C@@]6(C=C)C[C@]7(C(=O)OC)C(=O)Nc8ccccc8[C@@]78CCN5[C@@H]68)cc14)[C@@H]32. The molecule has 2 saturated heterocycles. The van der Waals surface area contributed by atoms with Crippen LogP contribution in [0.1, 0.15) is 48.4 Å². The standard InChI is InChI=1S/C42H42N4O6/c1-5-38-13-9-17-45-18-15-40(34(38)45)27-20-24(31(47)21-29(27)43-32(40)25(22-38)33(48)51-3)30-12-14-39(6-2)23-42(37(50)52-4)36(49)44-28-11-8-7-10-26(28)41(42)16-19-46(30)35(39)41/h5-14,20-21,30,34-35,43,47H,1-2,15-19,22-23H2,3-4H3,(H,44,49)/t30-,34+,35+,38+,39+,40+,41-,42-/m1/s1. The molecule has 0 unspecified atom stereocenters. The third kappa shape index (κ3) is 3.29. The molecule has 2 aromatic rings. The molecule has 10 heteroatoms. The van der Waals surface area contributed by atoms with Crippen molar-refractivity contribution in [3.63, 3.8) is 0 Å². The number of nitrogens with zero attached hydrogens (tertiary/aromatic N) is 2. The number of carbonyl (C=O) groups excluding carboxylic acids is 3. The molecule has 8 atom stereocenters. The average Bonchev–Trinajstić information content (AvgIpc) is 3.92. The summed E-state index contributed by atoms with van der Waals surface area (Å²) in [6.45, 7) is 10.8. The lowest BCUT2D eigenvalue weighted by molar-refractivity contribution is -0.162. The molecule has 1 saturated carbocycles. The number of aromatic hydroxyl groups is 1. The van der Waals surface area contributed by atoms with Gasteiger partial charge < -0.3 is 25.2 Å². The molecular weight excluding hydrogens is 656 g/mol. The lowest BCUT2D eigenvalue weighted by Gasteiger charge is -2.52. The Balaban J connectivity index is 1.17. The van der Waals surface area contributed by atoms with Crippen LogP contribution in [0.3, 0.4) is 0 Å². The molecule has 1 amide bonds. The largest absolute Gasteiger partial charge is 0.508 e. The van der Waals surface area contributed by atoms with Crippen LogP contribution >= 0.6 is 0 Å². The fourth-order valence-corrected chi connectivity index (χ4v) is 12.7. The van der Waals surface area contributed by atoms with Gasteiger partial charge in [0.1, 0.15) is 5.75 Å². The molecule has 0 radical (unpaired) electrons. The van der Waals surface area contributed by atoms with Crippen molar-refractivity contribution in [1.82, 2.24) is 9.80 Å². The number of methoxy groups -OCH3 is 2. The topological polar surface area (TPSA) is 120 Å². The maximum Gasteiger partial charge on any atom is 0.335 e. The van der Waals surface area contributed by atoms with E-state index in [2.05, 4.69) is 64.0 Å². The molecule has 3 N–H and O–H groups in total. The van der Waals surface area contributed by atoms with Gasteiger partial charge in [0.25, 0.3) is 0 Å². The Morgan fingerprint density at radius 1 is 0.962 bits per heavy atom. The van der Waals surface area contributed by atoms with E-state index in [0.717, 1.165) is 47.6 Å².